The highest BCUT2D eigenvalue weighted by molar-refractivity contribution is 5.19. The fourth-order valence-electron chi connectivity index (χ4n) is 1.97. The Balaban J connectivity index is 2.94. The van der Waals surface area contributed by atoms with Crippen molar-refractivity contribution >= 4 is 0 Å². The van der Waals surface area contributed by atoms with Crippen LogP contribution in [0.25, 0.3) is 0 Å². The van der Waals surface area contributed by atoms with E-state index in [9.17, 15) is 0 Å². The van der Waals surface area contributed by atoms with E-state index in [1.807, 2.05) is 0 Å². The van der Waals surface area contributed by atoms with E-state index >= 15 is 0 Å². The Morgan fingerprint density at radius 1 is 1.06 bits per heavy atom. The van der Waals surface area contributed by atoms with E-state index in [0.717, 1.165) is 19.3 Å². The van der Waals surface area contributed by atoms with Crippen LogP contribution in [0.15, 0.2) is 0 Å². The molecule has 1 N–H and O–H groups in total. The molecule has 16 heavy (non-hydrogen) atoms. The van der Waals surface area contributed by atoms with Gasteiger partial charge in [-0.1, -0.05) is 41.0 Å². The van der Waals surface area contributed by atoms with Crippen molar-refractivity contribution in [2.24, 2.45) is 5.92 Å². The van der Waals surface area contributed by atoms with Crippen molar-refractivity contribution in [3.05, 3.63) is 17.2 Å². The molecule has 0 radical (unpaired) electrons. The summed E-state index contributed by atoms with van der Waals surface area (Å²) in [4.78, 5) is 8.29. The second-order valence-electron chi connectivity index (χ2n) is 5.08. The third-order valence-corrected chi connectivity index (χ3v) is 3.28. The minimum absolute atomic E-state index is 0.559. The number of aromatic amines is 1. The molecule has 0 aliphatic rings. The molecule has 1 unspecified atom stereocenters. The van der Waals surface area contributed by atoms with Gasteiger partial charge in [0.05, 0.1) is 5.69 Å². The van der Waals surface area contributed by atoms with E-state index in [4.69, 9.17) is 4.98 Å². The first-order valence-electron chi connectivity index (χ1n) is 6.67. The van der Waals surface area contributed by atoms with E-state index < -0.39 is 0 Å². The van der Waals surface area contributed by atoms with Gasteiger partial charge in [-0.25, -0.2) is 4.98 Å². The molecular formula is C14H26N2. The third kappa shape index (κ3) is 3.10. The maximum atomic E-state index is 4.78. The molecule has 0 aliphatic heterocycles. The summed E-state index contributed by atoms with van der Waals surface area (Å²) >= 11 is 0. The average Bonchev–Trinajstić information content (AvgIpc) is 2.61. The molecule has 92 valence electrons. The summed E-state index contributed by atoms with van der Waals surface area (Å²) in [6.07, 6.45) is 4.55. The van der Waals surface area contributed by atoms with Gasteiger partial charge in [0.15, 0.2) is 0 Å². The quantitative estimate of drug-likeness (QED) is 0.772. The van der Waals surface area contributed by atoms with Gasteiger partial charge in [0.2, 0.25) is 0 Å². The summed E-state index contributed by atoms with van der Waals surface area (Å²) in [5.74, 6) is 2.39. The predicted molar refractivity (Wildman–Crippen MR) is 69.8 cm³/mol. The first-order chi connectivity index (χ1) is 7.60. The SMILES string of the molecule is CCCc1nc(C(C)C(C)C)c(CCC)[nH]1. The number of nitrogens with zero attached hydrogens (tertiary/aromatic N) is 1. The van der Waals surface area contributed by atoms with Gasteiger partial charge in [-0.15, -0.1) is 0 Å². The van der Waals surface area contributed by atoms with Crippen molar-refractivity contribution in [1.29, 1.82) is 0 Å². The number of H-pyrrole nitrogens is 1. The average molecular weight is 222 g/mol. The Morgan fingerprint density at radius 3 is 2.19 bits per heavy atom. The second kappa shape index (κ2) is 6.07. The van der Waals surface area contributed by atoms with Crippen LogP contribution in [0, 0.1) is 5.92 Å². The van der Waals surface area contributed by atoms with Crippen LogP contribution in [-0.2, 0) is 12.8 Å². The molecule has 2 heteroatoms. The zero-order valence-corrected chi connectivity index (χ0v) is 11.4. The summed E-state index contributed by atoms with van der Waals surface area (Å²) in [5.41, 5.74) is 2.67. The summed E-state index contributed by atoms with van der Waals surface area (Å²) in [6, 6.07) is 0. The number of nitrogens with one attached hydrogen (secondary N) is 1. The number of imidazole rings is 1. The van der Waals surface area contributed by atoms with E-state index in [1.165, 1.54) is 23.6 Å². The van der Waals surface area contributed by atoms with Gasteiger partial charge >= 0.3 is 0 Å². The van der Waals surface area contributed by atoms with E-state index in [0.29, 0.717) is 11.8 Å². The molecule has 0 saturated carbocycles. The van der Waals surface area contributed by atoms with Gasteiger partial charge in [0, 0.05) is 18.0 Å². The molecule has 1 rings (SSSR count). The molecule has 1 aromatic rings. The second-order valence-corrected chi connectivity index (χ2v) is 5.08. The van der Waals surface area contributed by atoms with Crippen LogP contribution >= 0.6 is 0 Å². The van der Waals surface area contributed by atoms with Gasteiger partial charge in [0.25, 0.3) is 0 Å². The Morgan fingerprint density at radius 2 is 1.69 bits per heavy atom. The van der Waals surface area contributed by atoms with Gasteiger partial charge in [-0.2, -0.15) is 0 Å². The Hall–Kier alpha value is -0.790. The fourth-order valence-corrected chi connectivity index (χ4v) is 1.97. The van der Waals surface area contributed by atoms with E-state index in [2.05, 4.69) is 39.6 Å². The molecule has 1 heterocycles. The van der Waals surface area contributed by atoms with Crippen molar-refractivity contribution in [3.63, 3.8) is 0 Å². The predicted octanol–water partition coefficient (Wildman–Crippen LogP) is 4.07. The van der Waals surface area contributed by atoms with E-state index in [-0.39, 0.29) is 0 Å². The molecule has 0 spiro atoms. The minimum Gasteiger partial charge on any atom is -0.346 e. The molecule has 0 aliphatic carbocycles. The van der Waals surface area contributed by atoms with Crippen LogP contribution in [-0.4, -0.2) is 9.97 Å². The lowest BCUT2D eigenvalue weighted by atomic mass is 9.92. The number of rotatable bonds is 6. The summed E-state index contributed by atoms with van der Waals surface area (Å²) < 4.78 is 0. The van der Waals surface area contributed by atoms with Gasteiger partial charge < -0.3 is 4.98 Å². The molecule has 2 nitrogen and oxygen atoms in total. The summed E-state index contributed by atoms with van der Waals surface area (Å²) in [5, 5.41) is 0. The monoisotopic (exact) mass is 222 g/mol. The maximum Gasteiger partial charge on any atom is 0.106 e. The first kappa shape index (κ1) is 13.3. The van der Waals surface area contributed by atoms with Gasteiger partial charge in [-0.05, 0) is 18.8 Å². The fraction of sp³-hybridized carbons (Fsp3) is 0.786. The van der Waals surface area contributed by atoms with Crippen molar-refractivity contribution in [1.82, 2.24) is 9.97 Å². The zero-order chi connectivity index (χ0) is 12.1. The minimum atomic E-state index is 0.559. The largest absolute Gasteiger partial charge is 0.346 e. The summed E-state index contributed by atoms with van der Waals surface area (Å²) in [7, 11) is 0. The van der Waals surface area contributed by atoms with Crippen LogP contribution < -0.4 is 0 Å². The van der Waals surface area contributed by atoms with Crippen molar-refractivity contribution in [2.45, 2.75) is 66.2 Å². The lowest BCUT2D eigenvalue weighted by Gasteiger charge is -2.14. The standard InChI is InChI=1S/C14H26N2/c1-6-8-12-14(11(5)10(3)4)16-13(15-12)9-7-2/h10-11H,6-9H2,1-5H3,(H,15,16). The van der Waals surface area contributed by atoms with Crippen molar-refractivity contribution in [3.8, 4) is 0 Å². The molecule has 0 aromatic carbocycles. The van der Waals surface area contributed by atoms with Crippen LogP contribution in [0.1, 0.15) is 70.6 Å². The zero-order valence-electron chi connectivity index (χ0n) is 11.4. The van der Waals surface area contributed by atoms with Gasteiger partial charge in [-0.3, -0.25) is 0 Å². The highest BCUT2D eigenvalue weighted by Crippen LogP contribution is 2.26. The smallest absolute Gasteiger partial charge is 0.106 e. The number of hydrogen-bond acceptors (Lipinski definition) is 1. The highest BCUT2D eigenvalue weighted by atomic mass is 14.9. The van der Waals surface area contributed by atoms with Gasteiger partial charge in [0.1, 0.15) is 5.82 Å². The molecule has 0 amide bonds. The Bertz CT molecular complexity index is 313. The van der Waals surface area contributed by atoms with Crippen LogP contribution in [0.2, 0.25) is 0 Å². The van der Waals surface area contributed by atoms with Crippen LogP contribution in [0.5, 0.6) is 0 Å². The number of aromatic nitrogens is 2. The normalized spacial score (nSPS) is 13.4. The first-order valence-corrected chi connectivity index (χ1v) is 6.67. The van der Waals surface area contributed by atoms with E-state index in [1.54, 1.807) is 0 Å². The van der Waals surface area contributed by atoms with Crippen molar-refractivity contribution < 1.29 is 0 Å². The van der Waals surface area contributed by atoms with Crippen molar-refractivity contribution in [2.75, 3.05) is 0 Å². The summed E-state index contributed by atoms with van der Waals surface area (Å²) in [6.45, 7) is 11.3. The van der Waals surface area contributed by atoms with Crippen LogP contribution in [0.3, 0.4) is 0 Å². The number of aryl methyl sites for hydroxylation is 2. The Labute approximate surface area is 99.9 Å². The maximum absolute atomic E-state index is 4.78. The number of hydrogen-bond donors (Lipinski definition) is 1. The lowest BCUT2D eigenvalue weighted by molar-refractivity contribution is 0.520. The lowest BCUT2D eigenvalue weighted by Crippen LogP contribution is -2.05. The molecule has 0 fully saturated rings. The molecule has 0 bridgehead atoms. The molecular weight excluding hydrogens is 196 g/mol. The van der Waals surface area contributed by atoms with Crippen LogP contribution in [0.4, 0.5) is 0 Å². The molecule has 1 aromatic heterocycles. The molecule has 1 atom stereocenters. The topological polar surface area (TPSA) is 28.7 Å². The molecule has 0 saturated heterocycles. The third-order valence-electron chi connectivity index (χ3n) is 3.28. The highest BCUT2D eigenvalue weighted by Gasteiger charge is 2.18. The Kier molecular flexibility index (Phi) is 5.04.